The van der Waals surface area contributed by atoms with Crippen molar-refractivity contribution in [3.05, 3.63) is 50.9 Å². The molecule has 1 heterocycles. The van der Waals surface area contributed by atoms with Gasteiger partial charge in [-0.1, -0.05) is 23.2 Å². The van der Waals surface area contributed by atoms with Crippen molar-refractivity contribution in [3.8, 4) is 11.5 Å². The minimum Gasteiger partial charge on any atom is -0.497 e. The zero-order chi connectivity index (χ0) is 17.0. The number of anilines is 1. The lowest BCUT2D eigenvalue weighted by Gasteiger charge is -2.12. The summed E-state index contributed by atoms with van der Waals surface area (Å²) in [6.07, 6.45) is 1.35. The number of ether oxygens (including phenoxy) is 2. The maximum absolute atomic E-state index is 12.1. The van der Waals surface area contributed by atoms with Gasteiger partial charge in [-0.2, -0.15) is 0 Å². The van der Waals surface area contributed by atoms with Crippen LogP contribution in [0.2, 0.25) is 10.0 Å². The average molecular weight is 357 g/mol. The van der Waals surface area contributed by atoms with Crippen molar-refractivity contribution in [2.75, 3.05) is 19.5 Å². The second kappa shape index (κ2) is 7.39. The van der Waals surface area contributed by atoms with E-state index >= 15 is 0 Å². The number of nitrogens with one attached hydrogen (secondary N) is 1. The van der Waals surface area contributed by atoms with Gasteiger partial charge in [0.2, 0.25) is 5.91 Å². The Bertz CT molecular complexity index is 790. The maximum atomic E-state index is 12.1. The second-order valence-corrected chi connectivity index (χ2v) is 5.40. The number of benzene rings is 1. The molecule has 0 saturated heterocycles. The fourth-order valence-electron chi connectivity index (χ4n) is 1.93. The summed E-state index contributed by atoms with van der Waals surface area (Å²) >= 11 is 11.6. The highest BCUT2D eigenvalue weighted by Gasteiger charge is 2.12. The number of carbonyl (C=O) groups is 1. The predicted octanol–water partition coefficient (Wildman–Crippen LogP) is 2.81. The first-order chi connectivity index (χ1) is 10.9. The summed E-state index contributed by atoms with van der Waals surface area (Å²) in [5.41, 5.74) is -0.0348. The smallest absolute Gasteiger partial charge is 0.269 e. The average Bonchev–Trinajstić information content (AvgIpc) is 2.52. The standard InChI is InChI=1S/C15H14Cl2N2O4/c1-22-10-3-4-12(13(6-10)23-2)18-14(20)8-19-7-9(16)5-11(17)15(19)21/h3-7H,8H2,1-2H3,(H,18,20). The molecule has 0 bridgehead atoms. The van der Waals surface area contributed by atoms with Crippen LogP contribution >= 0.6 is 23.2 Å². The van der Waals surface area contributed by atoms with Crippen molar-refractivity contribution < 1.29 is 14.3 Å². The fourth-order valence-corrected chi connectivity index (χ4v) is 2.44. The van der Waals surface area contributed by atoms with E-state index in [9.17, 15) is 9.59 Å². The van der Waals surface area contributed by atoms with Gasteiger partial charge in [-0.25, -0.2) is 0 Å². The number of carbonyl (C=O) groups excluding carboxylic acids is 1. The van der Waals surface area contributed by atoms with Crippen molar-refractivity contribution in [2.45, 2.75) is 6.54 Å². The molecule has 0 atom stereocenters. The molecule has 0 aliphatic rings. The highest BCUT2D eigenvalue weighted by molar-refractivity contribution is 6.34. The Morgan fingerprint density at radius 2 is 1.96 bits per heavy atom. The zero-order valence-corrected chi connectivity index (χ0v) is 13.9. The maximum Gasteiger partial charge on any atom is 0.269 e. The van der Waals surface area contributed by atoms with Gasteiger partial charge in [0.05, 0.1) is 24.9 Å². The molecule has 1 amide bonds. The number of pyridine rings is 1. The van der Waals surface area contributed by atoms with Gasteiger partial charge in [0.15, 0.2) is 0 Å². The van der Waals surface area contributed by atoms with Crippen LogP contribution in [0.15, 0.2) is 35.3 Å². The van der Waals surface area contributed by atoms with E-state index in [-0.39, 0.29) is 16.6 Å². The number of hydrogen-bond acceptors (Lipinski definition) is 4. The number of halogens is 2. The van der Waals surface area contributed by atoms with Crippen LogP contribution in [0, 0.1) is 0 Å². The highest BCUT2D eigenvalue weighted by atomic mass is 35.5. The van der Waals surface area contributed by atoms with Gasteiger partial charge < -0.3 is 19.4 Å². The van der Waals surface area contributed by atoms with Gasteiger partial charge in [-0.3, -0.25) is 9.59 Å². The molecule has 1 aromatic heterocycles. The fraction of sp³-hybridized carbons (Fsp3) is 0.200. The largest absolute Gasteiger partial charge is 0.497 e. The molecular weight excluding hydrogens is 343 g/mol. The van der Waals surface area contributed by atoms with E-state index in [2.05, 4.69) is 5.32 Å². The van der Waals surface area contributed by atoms with Crippen LogP contribution in [0.4, 0.5) is 5.69 Å². The third-order valence-electron chi connectivity index (χ3n) is 3.01. The van der Waals surface area contributed by atoms with Crippen molar-refractivity contribution >= 4 is 34.8 Å². The molecule has 0 radical (unpaired) electrons. The van der Waals surface area contributed by atoms with E-state index in [1.165, 1.54) is 26.5 Å². The van der Waals surface area contributed by atoms with Gasteiger partial charge in [0.1, 0.15) is 23.1 Å². The monoisotopic (exact) mass is 356 g/mol. The molecule has 122 valence electrons. The molecule has 0 aliphatic heterocycles. The minimum absolute atomic E-state index is 0.0488. The molecule has 2 aromatic rings. The molecular formula is C15H14Cl2N2O4. The van der Waals surface area contributed by atoms with Gasteiger partial charge in [0, 0.05) is 12.3 Å². The summed E-state index contributed by atoms with van der Waals surface area (Å²) in [5.74, 6) is 0.612. The zero-order valence-electron chi connectivity index (χ0n) is 12.4. The summed E-state index contributed by atoms with van der Waals surface area (Å²) in [4.78, 5) is 24.0. The number of rotatable bonds is 5. The molecule has 2 rings (SSSR count). The SMILES string of the molecule is COc1ccc(NC(=O)Cn2cc(Cl)cc(Cl)c2=O)c(OC)c1. The number of nitrogens with zero attached hydrogens (tertiary/aromatic N) is 1. The highest BCUT2D eigenvalue weighted by Crippen LogP contribution is 2.28. The Morgan fingerprint density at radius 1 is 1.22 bits per heavy atom. The Kier molecular flexibility index (Phi) is 5.52. The van der Waals surface area contributed by atoms with Gasteiger partial charge in [0.25, 0.3) is 5.56 Å². The van der Waals surface area contributed by atoms with Crippen LogP contribution in [0.3, 0.4) is 0 Å². The van der Waals surface area contributed by atoms with Crippen LogP contribution in [0.5, 0.6) is 11.5 Å². The third-order valence-corrected chi connectivity index (χ3v) is 3.48. The molecule has 0 aliphatic carbocycles. The van der Waals surface area contributed by atoms with Crippen LogP contribution < -0.4 is 20.3 Å². The number of amides is 1. The van der Waals surface area contributed by atoms with E-state index in [4.69, 9.17) is 32.7 Å². The Hall–Kier alpha value is -2.18. The molecule has 0 fully saturated rings. The lowest BCUT2D eigenvalue weighted by Crippen LogP contribution is -2.27. The molecule has 0 unspecified atom stereocenters. The van der Waals surface area contributed by atoms with Crippen LogP contribution in [-0.2, 0) is 11.3 Å². The van der Waals surface area contributed by atoms with E-state index in [1.807, 2.05) is 0 Å². The minimum atomic E-state index is -0.493. The van der Waals surface area contributed by atoms with E-state index in [0.717, 1.165) is 4.57 Å². The third kappa shape index (κ3) is 4.18. The van der Waals surface area contributed by atoms with Crippen molar-refractivity contribution in [1.82, 2.24) is 4.57 Å². The summed E-state index contributed by atoms with van der Waals surface area (Å²) < 4.78 is 11.4. The molecule has 0 spiro atoms. The second-order valence-electron chi connectivity index (χ2n) is 4.55. The van der Waals surface area contributed by atoms with Crippen molar-refractivity contribution in [3.63, 3.8) is 0 Å². The Labute approximate surface area is 142 Å². The first-order valence-electron chi connectivity index (χ1n) is 6.52. The van der Waals surface area contributed by atoms with Crippen LogP contribution in [0.1, 0.15) is 0 Å². The van der Waals surface area contributed by atoms with Gasteiger partial charge >= 0.3 is 0 Å². The quantitative estimate of drug-likeness (QED) is 0.894. The van der Waals surface area contributed by atoms with Crippen LogP contribution in [-0.4, -0.2) is 24.7 Å². The Balaban J connectivity index is 2.19. The molecule has 8 heteroatoms. The van der Waals surface area contributed by atoms with Gasteiger partial charge in [-0.15, -0.1) is 0 Å². The lowest BCUT2D eigenvalue weighted by molar-refractivity contribution is -0.116. The number of methoxy groups -OCH3 is 2. The Morgan fingerprint density at radius 3 is 2.61 bits per heavy atom. The molecule has 1 aromatic carbocycles. The normalized spacial score (nSPS) is 10.3. The molecule has 1 N–H and O–H groups in total. The molecule has 0 saturated carbocycles. The summed E-state index contributed by atoms with van der Waals surface area (Å²) in [7, 11) is 3.01. The lowest BCUT2D eigenvalue weighted by atomic mass is 10.2. The van der Waals surface area contributed by atoms with Crippen molar-refractivity contribution in [2.24, 2.45) is 0 Å². The summed E-state index contributed by atoms with van der Waals surface area (Å²) in [5, 5.41) is 2.88. The predicted molar refractivity (Wildman–Crippen MR) is 88.9 cm³/mol. The van der Waals surface area contributed by atoms with E-state index in [0.29, 0.717) is 17.2 Å². The molecule has 6 nitrogen and oxygen atoms in total. The number of hydrogen-bond donors (Lipinski definition) is 1. The summed E-state index contributed by atoms with van der Waals surface area (Å²) in [6.45, 7) is -0.228. The topological polar surface area (TPSA) is 69.6 Å². The van der Waals surface area contributed by atoms with Gasteiger partial charge in [-0.05, 0) is 18.2 Å². The van der Waals surface area contributed by atoms with Crippen LogP contribution in [0.25, 0.3) is 0 Å². The van der Waals surface area contributed by atoms with Crippen molar-refractivity contribution in [1.29, 1.82) is 0 Å². The van der Waals surface area contributed by atoms with E-state index < -0.39 is 11.5 Å². The molecule has 23 heavy (non-hydrogen) atoms. The number of aromatic nitrogens is 1. The first kappa shape index (κ1) is 17.2. The first-order valence-corrected chi connectivity index (χ1v) is 7.27. The van der Waals surface area contributed by atoms with E-state index in [1.54, 1.807) is 18.2 Å². The summed E-state index contributed by atoms with van der Waals surface area (Å²) in [6, 6.07) is 6.29.